The molecule has 0 radical (unpaired) electrons. The van der Waals surface area contributed by atoms with Crippen molar-refractivity contribution in [3.63, 3.8) is 0 Å². The van der Waals surface area contributed by atoms with Crippen LogP contribution in [-0.2, 0) is 6.42 Å². The summed E-state index contributed by atoms with van der Waals surface area (Å²) < 4.78 is 16.3. The molecule has 33 heavy (non-hydrogen) atoms. The third-order valence-corrected chi connectivity index (χ3v) is 6.00. The molecule has 3 heterocycles. The monoisotopic (exact) mass is 438 g/mol. The van der Waals surface area contributed by atoms with Gasteiger partial charge in [0.2, 0.25) is 6.79 Å². The molecule has 0 unspecified atom stereocenters. The molecule has 0 spiro atoms. The number of aromatic amines is 1. The molecule has 1 aliphatic heterocycles. The van der Waals surface area contributed by atoms with Gasteiger partial charge in [-0.1, -0.05) is 12.1 Å². The van der Waals surface area contributed by atoms with Gasteiger partial charge in [0, 0.05) is 29.0 Å². The second-order valence-corrected chi connectivity index (χ2v) is 7.92. The van der Waals surface area contributed by atoms with E-state index in [0.717, 1.165) is 63.6 Å². The highest BCUT2D eigenvalue weighted by atomic mass is 16.7. The molecule has 0 amide bonds. The first kappa shape index (κ1) is 19.4. The van der Waals surface area contributed by atoms with Gasteiger partial charge in [-0.25, -0.2) is 9.97 Å². The number of H-pyrrole nitrogens is 1. The van der Waals surface area contributed by atoms with E-state index >= 15 is 0 Å². The van der Waals surface area contributed by atoms with E-state index in [9.17, 15) is 0 Å². The third kappa shape index (κ3) is 3.57. The molecule has 0 saturated carbocycles. The molecule has 0 aliphatic carbocycles. The number of rotatable bonds is 6. The first-order chi connectivity index (χ1) is 16.3. The number of ether oxygens (including phenoxy) is 3. The molecule has 0 saturated heterocycles. The molecule has 0 bridgehead atoms. The molecule has 7 heteroatoms. The van der Waals surface area contributed by atoms with Gasteiger partial charge in [0.15, 0.2) is 11.5 Å². The van der Waals surface area contributed by atoms with Gasteiger partial charge in [-0.2, -0.15) is 0 Å². The predicted molar refractivity (Wildman–Crippen MR) is 128 cm³/mol. The topological polar surface area (TPSA) is 81.3 Å². The Hall–Kier alpha value is -4.26. The number of anilines is 1. The van der Waals surface area contributed by atoms with E-state index in [1.807, 2.05) is 36.4 Å². The summed E-state index contributed by atoms with van der Waals surface area (Å²) in [5, 5.41) is 5.65. The van der Waals surface area contributed by atoms with Crippen LogP contribution in [0.25, 0.3) is 32.9 Å². The Bertz CT molecular complexity index is 1480. The summed E-state index contributed by atoms with van der Waals surface area (Å²) in [6, 6.07) is 18.3. The fraction of sp³-hybridized carbons (Fsp3) is 0.154. The van der Waals surface area contributed by atoms with E-state index in [1.165, 1.54) is 10.9 Å². The molecule has 6 rings (SSSR count). The van der Waals surface area contributed by atoms with E-state index in [4.69, 9.17) is 14.2 Å². The molecule has 164 valence electrons. The summed E-state index contributed by atoms with van der Waals surface area (Å²) in [7, 11) is 1.69. The average Bonchev–Trinajstić information content (AvgIpc) is 3.50. The highest BCUT2D eigenvalue weighted by Gasteiger charge is 2.14. The van der Waals surface area contributed by atoms with Gasteiger partial charge < -0.3 is 24.5 Å². The molecule has 0 atom stereocenters. The molecule has 7 nitrogen and oxygen atoms in total. The molecule has 3 aromatic carbocycles. The van der Waals surface area contributed by atoms with Crippen LogP contribution in [0.15, 0.2) is 67.1 Å². The minimum Gasteiger partial charge on any atom is -0.497 e. The zero-order valence-electron chi connectivity index (χ0n) is 18.1. The van der Waals surface area contributed by atoms with Crippen molar-refractivity contribution in [2.45, 2.75) is 6.42 Å². The molecule has 5 aromatic rings. The van der Waals surface area contributed by atoms with Crippen molar-refractivity contribution in [1.29, 1.82) is 0 Å². The van der Waals surface area contributed by atoms with Crippen LogP contribution in [0.2, 0.25) is 0 Å². The van der Waals surface area contributed by atoms with Gasteiger partial charge in [-0.05, 0) is 65.6 Å². The second kappa shape index (κ2) is 8.02. The minimum absolute atomic E-state index is 0.266. The van der Waals surface area contributed by atoms with Gasteiger partial charge in [0.1, 0.15) is 17.9 Å². The number of nitrogens with one attached hydrogen (secondary N) is 2. The highest BCUT2D eigenvalue weighted by Crippen LogP contribution is 2.37. The van der Waals surface area contributed by atoms with Crippen LogP contribution >= 0.6 is 0 Å². The van der Waals surface area contributed by atoms with Gasteiger partial charge in [0.05, 0.1) is 12.6 Å². The number of methoxy groups -OCH3 is 1. The summed E-state index contributed by atoms with van der Waals surface area (Å²) >= 11 is 0. The summed E-state index contributed by atoms with van der Waals surface area (Å²) in [4.78, 5) is 12.3. The maximum Gasteiger partial charge on any atom is 0.231 e. The fourth-order valence-electron chi connectivity index (χ4n) is 4.26. The van der Waals surface area contributed by atoms with Crippen molar-refractivity contribution >= 4 is 27.6 Å². The Balaban J connectivity index is 1.26. The lowest BCUT2D eigenvalue weighted by atomic mass is 10.0. The van der Waals surface area contributed by atoms with Gasteiger partial charge >= 0.3 is 0 Å². The maximum atomic E-state index is 5.54. The van der Waals surface area contributed by atoms with E-state index in [0.29, 0.717) is 0 Å². The summed E-state index contributed by atoms with van der Waals surface area (Å²) in [6.45, 7) is 1.01. The smallest absolute Gasteiger partial charge is 0.231 e. The van der Waals surface area contributed by atoms with E-state index in [2.05, 4.69) is 44.7 Å². The minimum atomic E-state index is 0.266. The predicted octanol–water partition coefficient (Wildman–Crippen LogP) is 5.17. The summed E-state index contributed by atoms with van der Waals surface area (Å²) in [6.07, 6.45) is 4.50. The van der Waals surface area contributed by atoms with Crippen LogP contribution in [0.1, 0.15) is 5.56 Å². The number of nitrogens with zero attached hydrogens (tertiary/aromatic N) is 2. The molecule has 1 aliphatic rings. The first-order valence-corrected chi connectivity index (χ1v) is 10.8. The highest BCUT2D eigenvalue weighted by molar-refractivity contribution is 5.92. The number of benzene rings is 3. The fourth-order valence-corrected chi connectivity index (χ4v) is 4.26. The number of fused-ring (bicyclic) bond motifs is 3. The SMILES string of the molecule is COc1ccc2[nH]cc(CCNc3ncnc4ccc(-c5ccc6c(c5)OCO6)cc34)c2c1. The van der Waals surface area contributed by atoms with Crippen LogP contribution in [0.5, 0.6) is 17.2 Å². The van der Waals surface area contributed by atoms with Gasteiger partial charge in [0.25, 0.3) is 0 Å². The van der Waals surface area contributed by atoms with Crippen LogP contribution in [0.3, 0.4) is 0 Å². The van der Waals surface area contributed by atoms with Gasteiger partial charge in [-0.15, -0.1) is 0 Å². The van der Waals surface area contributed by atoms with E-state index in [-0.39, 0.29) is 6.79 Å². The summed E-state index contributed by atoms with van der Waals surface area (Å²) in [5.74, 6) is 3.22. The number of hydrogen-bond donors (Lipinski definition) is 2. The Morgan fingerprint density at radius 1 is 0.939 bits per heavy atom. The zero-order chi connectivity index (χ0) is 22.2. The molecule has 0 fully saturated rings. The molecule has 2 N–H and O–H groups in total. The van der Waals surface area contributed by atoms with E-state index in [1.54, 1.807) is 13.4 Å². The lowest BCUT2D eigenvalue weighted by Gasteiger charge is -2.10. The van der Waals surface area contributed by atoms with Crippen molar-refractivity contribution in [2.75, 3.05) is 25.8 Å². The van der Waals surface area contributed by atoms with Crippen LogP contribution in [0, 0.1) is 0 Å². The number of aromatic nitrogens is 3. The maximum absolute atomic E-state index is 5.54. The van der Waals surface area contributed by atoms with Crippen molar-refractivity contribution < 1.29 is 14.2 Å². The Morgan fingerprint density at radius 3 is 2.76 bits per heavy atom. The van der Waals surface area contributed by atoms with Gasteiger partial charge in [-0.3, -0.25) is 0 Å². The van der Waals surface area contributed by atoms with Crippen LogP contribution in [0.4, 0.5) is 5.82 Å². The lowest BCUT2D eigenvalue weighted by Crippen LogP contribution is -2.07. The molecule has 2 aromatic heterocycles. The Morgan fingerprint density at radius 2 is 1.82 bits per heavy atom. The van der Waals surface area contributed by atoms with Crippen molar-refractivity contribution in [1.82, 2.24) is 15.0 Å². The van der Waals surface area contributed by atoms with Crippen molar-refractivity contribution in [2.24, 2.45) is 0 Å². The largest absolute Gasteiger partial charge is 0.497 e. The zero-order valence-corrected chi connectivity index (χ0v) is 18.1. The van der Waals surface area contributed by atoms with Crippen LogP contribution < -0.4 is 19.5 Å². The third-order valence-electron chi connectivity index (χ3n) is 6.00. The van der Waals surface area contributed by atoms with E-state index < -0.39 is 0 Å². The number of hydrogen-bond acceptors (Lipinski definition) is 6. The molecular weight excluding hydrogens is 416 g/mol. The Kier molecular flexibility index (Phi) is 4.72. The summed E-state index contributed by atoms with van der Waals surface area (Å²) in [5.41, 5.74) is 5.36. The Labute approximate surface area is 190 Å². The quantitative estimate of drug-likeness (QED) is 0.381. The molecular formula is C26H22N4O3. The van der Waals surface area contributed by atoms with Crippen molar-refractivity contribution in [3.8, 4) is 28.4 Å². The average molecular weight is 438 g/mol. The van der Waals surface area contributed by atoms with Crippen molar-refractivity contribution in [3.05, 3.63) is 72.7 Å². The second-order valence-electron chi connectivity index (χ2n) is 7.92. The lowest BCUT2D eigenvalue weighted by molar-refractivity contribution is 0.174. The first-order valence-electron chi connectivity index (χ1n) is 10.8. The van der Waals surface area contributed by atoms with Crippen LogP contribution in [-0.4, -0.2) is 35.4 Å². The normalized spacial score (nSPS) is 12.4. The standard InChI is InChI=1S/C26H22N4O3/c1-31-19-4-6-22-20(12-19)18(13-28-22)8-9-27-26-21-10-16(2-5-23(21)29-14-30-26)17-3-7-24-25(11-17)33-15-32-24/h2-7,10-14,28H,8-9,15H2,1H3,(H,27,29,30).